The third-order valence-electron chi connectivity index (χ3n) is 5.75. The summed E-state index contributed by atoms with van der Waals surface area (Å²) in [5, 5.41) is 0. The van der Waals surface area contributed by atoms with Gasteiger partial charge in [0.1, 0.15) is 11.5 Å². The van der Waals surface area contributed by atoms with Gasteiger partial charge in [-0.2, -0.15) is 0 Å². The highest BCUT2D eigenvalue weighted by Gasteiger charge is 2.24. The molecule has 0 aliphatic carbocycles. The minimum atomic E-state index is -4.27. The molecule has 0 saturated carbocycles. The average molecular weight is 572 g/mol. The lowest BCUT2D eigenvalue weighted by atomic mass is 10.1. The zero-order valence-electron chi connectivity index (χ0n) is 22.4. The zero-order chi connectivity index (χ0) is 27.7. The molecule has 0 saturated heterocycles. The second-order valence-electron chi connectivity index (χ2n) is 9.13. The molecule has 0 aromatic heterocycles. The van der Waals surface area contributed by atoms with Crippen molar-refractivity contribution in [3.05, 3.63) is 60.2 Å². The van der Waals surface area contributed by atoms with Crippen LogP contribution < -0.4 is 9.46 Å². The largest absolute Gasteiger partial charge is 0.471 e. The highest BCUT2D eigenvalue weighted by atomic mass is 32.2. The molecule has 0 amide bonds. The summed E-state index contributed by atoms with van der Waals surface area (Å²) in [5.74, 6) is 1.32. The molecule has 0 spiro atoms. The van der Waals surface area contributed by atoms with Crippen molar-refractivity contribution >= 4 is 17.8 Å². The number of unbranched alkanes of at least 4 members (excludes halogenated alkanes) is 7. The SMILES string of the molecule is CCCCCCCCCCS(=O)(=O)N[C@H](COCc1cccc(Oc2ccccc2)c1)COP(=O)(O)OC. The van der Waals surface area contributed by atoms with Gasteiger partial charge in [0, 0.05) is 7.11 Å². The molecule has 0 heterocycles. The van der Waals surface area contributed by atoms with E-state index in [1.54, 1.807) is 0 Å². The minimum Gasteiger partial charge on any atom is -0.457 e. The van der Waals surface area contributed by atoms with Crippen LogP contribution in [0.3, 0.4) is 0 Å². The number of para-hydroxylation sites is 1. The van der Waals surface area contributed by atoms with E-state index in [1.807, 2.05) is 54.6 Å². The van der Waals surface area contributed by atoms with Gasteiger partial charge in [-0.25, -0.2) is 17.7 Å². The van der Waals surface area contributed by atoms with Crippen LogP contribution in [0.2, 0.25) is 0 Å². The maximum atomic E-state index is 12.7. The predicted molar refractivity (Wildman–Crippen MR) is 149 cm³/mol. The van der Waals surface area contributed by atoms with Crippen LogP contribution in [0.5, 0.6) is 11.5 Å². The Bertz CT molecular complexity index is 1070. The lowest BCUT2D eigenvalue weighted by Crippen LogP contribution is -2.42. The molecule has 0 radical (unpaired) electrons. The monoisotopic (exact) mass is 571 g/mol. The van der Waals surface area contributed by atoms with Crippen LogP contribution in [0.25, 0.3) is 0 Å². The maximum Gasteiger partial charge on any atom is 0.471 e. The van der Waals surface area contributed by atoms with E-state index < -0.39 is 23.9 Å². The summed E-state index contributed by atoms with van der Waals surface area (Å²) in [6, 6.07) is 15.9. The number of hydrogen-bond acceptors (Lipinski definition) is 7. The summed E-state index contributed by atoms with van der Waals surface area (Å²) in [7, 11) is -6.86. The van der Waals surface area contributed by atoms with E-state index in [4.69, 9.17) is 14.0 Å². The summed E-state index contributed by atoms with van der Waals surface area (Å²) >= 11 is 0. The predicted octanol–water partition coefficient (Wildman–Crippen LogP) is 6.19. The molecule has 1 unspecified atom stereocenters. The van der Waals surface area contributed by atoms with Crippen LogP contribution in [0.15, 0.2) is 54.6 Å². The van der Waals surface area contributed by atoms with Crippen LogP contribution in [0.4, 0.5) is 0 Å². The number of rotatable bonds is 21. The number of ether oxygens (including phenoxy) is 2. The quantitative estimate of drug-likeness (QED) is 0.134. The molecular formula is C27H42NO8PS. The lowest BCUT2D eigenvalue weighted by Gasteiger charge is -2.20. The molecule has 0 fully saturated rings. The van der Waals surface area contributed by atoms with Gasteiger partial charge in [0.25, 0.3) is 0 Å². The maximum absolute atomic E-state index is 12.7. The van der Waals surface area contributed by atoms with Crippen molar-refractivity contribution in [3.63, 3.8) is 0 Å². The van der Waals surface area contributed by atoms with Gasteiger partial charge in [-0.05, 0) is 36.2 Å². The third-order valence-corrected chi connectivity index (χ3v) is 8.20. The van der Waals surface area contributed by atoms with Gasteiger partial charge in [0.2, 0.25) is 10.0 Å². The third kappa shape index (κ3) is 14.4. The van der Waals surface area contributed by atoms with Crippen LogP contribution in [-0.2, 0) is 35.0 Å². The molecule has 0 aliphatic heterocycles. The van der Waals surface area contributed by atoms with E-state index in [-0.39, 0.29) is 25.6 Å². The van der Waals surface area contributed by atoms with Crippen molar-refractivity contribution in [2.75, 3.05) is 26.1 Å². The van der Waals surface area contributed by atoms with Crippen molar-refractivity contribution in [1.29, 1.82) is 0 Å². The summed E-state index contributed by atoms with van der Waals surface area (Å²) in [6.07, 6.45) is 8.33. The number of nitrogens with one attached hydrogen (secondary N) is 1. The van der Waals surface area contributed by atoms with E-state index in [0.29, 0.717) is 17.9 Å². The fourth-order valence-electron chi connectivity index (χ4n) is 3.73. The highest BCUT2D eigenvalue weighted by molar-refractivity contribution is 7.89. The highest BCUT2D eigenvalue weighted by Crippen LogP contribution is 2.41. The lowest BCUT2D eigenvalue weighted by molar-refractivity contribution is 0.0795. The number of sulfonamides is 1. The molecule has 2 aromatic rings. The summed E-state index contributed by atoms with van der Waals surface area (Å²) in [6.45, 7) is 1.91. The van der Waals surface area contributed by atoms with Gasteiger partial charge in [0.05, 0.1) is 31.6 Å². The molecule has 214 valence electrons. The molecule has 0 aliphatic rings. The number of hydrogen-bond donors (Lipinski definition) is 2. The zero-order valence-corrected chi connectivity index (χ0v) is 24.1. The van der Waals surface area contributed by atoms with Gasteiger partial charge in [-0.1, -0.05) is 82.2 Å². The van der Waals surface area contributed by atoms with Crippen LogP contribution in [0.1, 0.15) is 63.9 Å². The normalized spacial score (nSPS) is 14.2. The van der Waals surface area contributed by atoms with E-state index in [2.05, 4.69) is 16.2 Å². The molecular weight excluding hydrogens is 529 g/mol. The van der Waals surface area contributed by atoms with Crippen molar-refractivity contribution in [1.82, 2.24) is 4.72 Å². The van der Waals surface area contributed by atoms with Crippen LogP contribution in [-0.4, -0.2) is 45.4 Å². The Kier molecular flexibility index (Phi) is 15.1. The molecule has 2 N–H and O–H groups in total. The fourth-order valence-corrected chi connectivity index (χ4v) is 5.55. The minimum absolute atomic E-state index is 0.0294. The van der Waals surface area contributed by atoms with Crippen molar-refractivity contribution in [2.45, 2.75) is 70.9 Å². The molecule has 38 heavy (non-hydrogen) atoms. The van der Waals surface area contributed by atoms with Crippen molar-refractivity contribution in [3.8, 4) is 11.5 Å². The van der Waals surface area contributed by atoms with E-state index in [1.165, 1.54) is 25.7 Å². The molecule has 9 nitrogen and oxygen atoms in total. The summed E-state index contributed by atoms with van der Waals surface area (Å²) in [5.41, 5.74) is 0.824. The second kappa shape index (κ2) is 17.7. The first-order chi connectivity index (χ1) is 18.2. The molecule has 2 rings (SSSR count). The Morgan fingerprint density at radius 1 is 0.895 bits per heavy atom. The second-order valence-corrected chi connectivity index (χ2v) is 12.6. The Labute approximate surface area is 227 Å². The van der Waals surface area contributed by atoms with Crippen LogP contribution in [0, 0.1) is 0 Å². The Hall–Kier alpha value is -1.78. The van der Waals surface area contributed by atoms with Gasteiger partial charge in [-0.15, -0.1) is 0 Å². The van der Waals surface area contributed by atoms with Gasteiger partial charge in [-0.3, -0.25) is 9.05 Å². The Balaban J connectivity index is 1.86. The van der Waals surface area contributed by atoms with E-state index in [9.17, 15) is 17.9 Å². The Morgan fingerprint density at radius 2 is 1.55 bits per heavy atom. The smallest absolute Gasteiger partial charge is 0.457 e. The van der Waals surface area contributed by atoms with Crippen molar-refractivity contribution in [2.24, 2.45) is 0 Å². The van der Waals surface area contributed by atoms with Crippen molar-refractivity contribution < 1.29 is 36.4 Å². The summed E-state index contributed by atoms with van der Waals surface area (Å²) in [4.78, 5) is 9.58. The first kappa shape index (κ1) is 32.4. The standard InChI is InChI=1S/C27H42NO8PS/c1-3-4-5-6-7-8-9-13-19-38(31,32)28-25(23-35-37(29,30)33-2)22-34-21-24-15-14-18-27(20-24)36-26-16-11-10-12-17-26/h10-12,14-18,20,25,28H,3-9,13,19,21-23H2,1-2H3,(H,29,30)/t25-/m1/s1. The molecule has 2 atom stereocenters. The first-order valence-corrected chi connectivity index (χ1v) is 16.3. The summed E-state index contributed by atoms with van der Waals surface area (Å²) < 4.78 is 60.6. The number of phosphoric ester groups is 1. The number of benzene rings is 2. The van der Waals surface area contributed by atoms with Gasteiger partial charge >= 0.3 is 7.82 Å². The van der Waals surface area contributed by atoms with E-state index >= 15 is 0 Å². The average Bonchev–Trinajstić information content (AvgIpc) is 2.89. The fraction of sp³-hybridized carbons (Fsp3) is 0.556. The topological polar surface area (TPSA) is 120 Å². The molecule has 2 aromatic carbocycles. The molecule has 11 heteroatoms. The first-order valence-electron chi connectivity index (χ1n) is 13.2. The number of phosphoric acid groups is 1. The van der Waals surface area contributed by atoms with Gasteiger partial charge in [0.15, 0.2) is 0 Å². The molecule has 0 bridgehead atoms. The van der Waals surface area contributed by atoms with Gasteiger partial charge < -0.3 is 14.4 Å². The van der Waals surface area contributed by atoms with Crippen LogP contribution >= 0.6 is 7.82 Å². The Morgan fingerprint density at radius 3 is 2.24 bits per heavy atom. The van der Waals surface area contributed by atoms with E-state index in [0.717, 1.165) is 31.9 Å².